The van der Waals surface area contributed by atoms with E-state index in [2.05, 4.69) is 4.98 Å². The van der Waals surface area contributed by atoms with Crippen LogP contribution < -0.4 is 0 Å². The molecule has 0 spiro atoms. The first-order chi connectivity index (χ1) is 6.27. The van der Waals surface area contributed by atoms with E-state index >= 15 is 0 Å². The minimum atomic E-state index is -0.662. The predicted molar refractivity (Wildman–Crippen MR) is 50.8 cm³/mol. The highest BCUT2D eigenvalue weighted by molar-refractivity contribution is 5.78. The Hall–Kier alpha value is -1.41. The lowest BCUT2D eigenvalue weighted by Gasteiger charge is -2.03. The Morgan fingerprint density at radius 1 is 1.31 bits per heavy atom. The van der Waals surface area contributed by atoms with Crippen LogP contribution in [0.3, 0.4) is 0 Å². The van der Waals surface area contributed by atoms with Crippen molar-refractivity contribution < 1.29 is 5.11 Å². The zero-order valence-electron chi connectivity index (χ0n) is 7.40. The van der Waals surface area contributed by atoms with Gasteiger partial charge in [0.25, 0.3) is 0 Å². The number of fused-ring (bicyclic) bond motifs is 1. The van der Waals surface area contributed by atoms with Crippen molar-refractivity contribution in [1.82, 2.24) is 4.98 Å². The third-order valence-electron chi connectivity index (χ3n) is 2.10. The van der Waals surface area contributed by atoms with Gasteiger partial charge in [0, 0.05) is 11.6 Å². The first kappa shape index (κ1) is 8.20. The molecular weight excluding hydrogens is 162 g/mol. The number of hydrogen-bond donors (Lipinski definition) is 0. The maximum atomic E-state index is 11.2. The Labute approximate surface area is 76.9 Å². The van der Waals surface area contributed by atoms with Crippen LogP contribution >= 0.6 is 0 Å². The molecule has 2 aromatic rings. The van der Waals surface area contributed by atoms with Crippen LogP contribution in [0.25, 0.3) is 10.9 Å². The summed E-state index contributed by atoms with van der Waals surface area (Å²) in [6.07, 6.45) is 1.09. The lowest BCUT2D eigenvalue weighted by Crippen LogP contribution is -1.88. The highest BCUT2D eigenvalue weighted by Gasteiger charge is 2.02. The van der Waals surface area contributed by atoms with E-state index in [1.54, 1.807) is 13.1 Å². The van der Waals surface area contributed by atoms with Gasteiger partial charge in [-0.05, 0) is 30.7 Å². The molecule has 1 aromatic carbocycles. The number of rotatable bonds is 1. The average molecular weight is 172 g/mol. The molecule has 1 radical (unpaired) electrons. The summed E-state index contributed by atoms with van der Waals surface area (Å²) in [5.41, 5.74) is 1.76. The molecule has 0 aliphatic carbocycles. The zero-order valence-corrected chi connectivity index (χ0v) is 7.40. The summed E-state index contributed by atoms with van der Waals surface area (Å²) in [5.74, 6) is 0. The van der Waals surface area contributed by atoms with E-state index in [4.69, 9.17) is 0 Å². The van der Waals surface area contributed by atoms with Gasteiger partial charge in [-0.3, -0.25) is 4.98 Å². The molecule has 13 heavy (non-hydrogen) atoms. The minimum absolute atomic E-state index is 0.662. The van der Waals surface area contributed by atoms with Gasteiger partial charge < -0.3 is 0 Å². The molecular formula is C11H10NO. The van der Waals surface area contributed by atoms with Gasteiger partial charge in [0.1, 0.15) is 6.10 Å². The van der Waals surface area contributed by atoms with Crippen LogP contribution in [0.1, 0.15) is 18.6 Å². The topological polar surface area (TPSA) is 32.8 Å². The molecule has 0 amide bonds. The summed E-state index contributed by atoms with van der Waals surface area (Å²) >= 11 is 0. The van der Waals surface area contributed by atoms with Crippen LogP contribution in [0, 0.1) is 0 Å². The second kappa shape index (κ2) is 3.15. The fourth-order valence-corrected chi connectivity index (χ4v) is 1.35. The maximum Gasteiger partial charge on any atom is 0.115 e. The van der Waals surface area contributed by atoms with Crippen molar-refractivity contribution in [3.05, 3.63) is 42.1 Å². The first-order valence-corrected chi connectivity index (χ1v) is 4.28. The monoisotopic (exact) mass is 172 g/mol. The van der Waals surface area contributed by atoms with Gasteiger partial charge in [0.2, 0.25) is 0 Å². The SMILES string of the molecule is CC([O])c1ccc2ncccc2c1. The van der Waals surface area contributed by atoms with Crippen LogP contribution in [-0.2, 0) is 5.11 Å². The number of benzene rings is 1. The normalized spacial score (nSPS) is 13.1. The van der Waals surface area contributed by atoms with Gasteiger partial charge in [-0.15, -0.1) is 0 Å². The molecule has 2 heteroatoms. The van der Waals surface area contributed by atoms with E-state index in [1.165, 1.54) is 0 Å². The number of nitrogens with zero attached hydrogens (tertiary/aromatic N) is 1. The summed E-state index contributed by atoms with van der Waals surface area (Å²) in [5, 5.41) is 12.2. The summed E-state index contributed by atoms with van der Waals surface area (Å²) < 4.78 is 0. The summed E-state index contributed by atoms with van der Waals surface area (Å²) in [4.78, 5) is 4.18. The van der Waals surface area contributed by atoms with Crippen LogP contribution in [0.2, 0.25) is 0 Å². The molecule has 0 fully saturated rings. The molecule has 0 N–H and O–H groups in total. The van der Waals surface area contributed by atoms with Gasteiger partial charge >= 0.3 is 0 Å². The molecule has 2 nitrogen and oxygen atoms in total. The molecule has 2 rings (SSSR count). The number of aromatic nitrogens is 1. The van der Waals surface area contributed by atoms with E-state index in [-0.39, 0.29) is 0 Å². The Kier molecular flexibility index (Phi) is 1.99. The summed E-state index contributed by atoms with van der Waals surface area (Å²) in [6.45, 7) is 1.65. The lowest BCUT2D eigenvalue weighted by molar-refractivity contribution is 0.106. The fraction of sp³-hybridized carbons (Fsp3) is 0.182. The van der Waals surface area contributed by atoms with Crippen molar-refractivity contribution in [2.45, 2.75) is 13.0 Å². The van der Waals surface area contributed by atoms with Crippen molar-refractivity contribution >= 4 is 10.9 Å². The predicted octanol–water partition coefficient (Wildman–Crippen LogP) is 2.73. The average Bonchev–Trinajstić information content (AvgIpc) is 2.17. The molecule has 1 unspecified atom stereocenters. The summed E-state index contributed by atoms with van der Waals surface area (Å²) in [6, 6.07) is 9.47. The second-order valence-corrected chi connectivity index (χ2v) is 3.10. The Bertz CT molecular complexity index is 423. The van der Waals surface area contributed by atoms with Crippen LogP contribution in [-0.4, -0.2) is 4.98 Å². The van der Waals surface area contributed by atoms with Crippen molar-refractivity contribution in [1.29, 1.82) is 0 Å². The molecule has 0 saturated carbocycles. The first-order valence-electron chi connectivity index (χ1n) is 4.28. The standard InChI is InChI=1S/C11H10NO/c1-8(13)9-4-5-11-10(7-9)3-2-6-12-11/h2-8H,1H3. The molecule has 0 bridgehead atoms. The Morgan fingerprint density at radius 3 is 2.92 bits per heavy atom. The minimum Gasteiger partial charge on any atom is -0.256 e. The van der Waals surface area contributed by atoms with Gasteiger partial charge in [-0.2, -0.15) is 0 Å². The molecule has 1 aromatic heterocycles. The molecule has 0 aliphatic heterocycles. The molecule has 65 valence electrons. The van der Waals surface area contributed by atoms with Crippen molar-refractivity contribution in [2.24, 2.45) is 0 Å². The quantitative estimate of drug-likeness (QED) is 0.651. The smallest absolute Gasteiger partial charge is 0.115 e. The highest BCUT2D eigenvalue weighted by Crippen LogP contribution is 2.18. The van der Waals surface area contributed by atoms with Crippen LogP contribution in [0.5, 0.6) is 0 Å². The number of hydrogen-bond acceptors (Lipinski definition) is 1. The largest absolute Gasteiger partial charge is 0.256 e. The van der Waals surface area contributed by atoms with Gasteiger partial charge in [-0.25, -0.2) is 5.11 Å². The van der Waals surface area contributed by atoms with E-state index in [1.807, 2.05) is 30.3 Å². The van der Waals surface area contributed by atoms with Gasteiger partial charge in [-0.1, -0.05) is 12.1 Å². The van der Waals surface area contributed by atoms with Crippen molar-refractivity contribution in [3.63, 3.8) is 0 Å². The third-order valence-corrected chi connectivity index (χ3v) is 2.10. The summed E-state index contributed by atoms with van der Waals surface area (Å²) in [7, 11) is 0. The van der Waals surface area contributed by atoms with E-state index in [0.717, 1.165) is 16.5 Å². The van der Waals surface area contributed by atoms with Gasteiger partial charge in [0.15, 0.2) is 0 Å². The third kappa shape index (κ3) is 1.53. The van der Waals surface area contributed by atoms with E-state index in [9.17, 15) is 5.11 Å². The highest BCUT2D eigenvalue weighted by atomic mass is 16.3. The second-order valence-electron chi connectivity index (χ2n) is 3.10. The fourth-order valence-electron chi connectivity index (χ4n) is 1.35. The van der Waals surface area contributed by atoms with E-state index in [0.29, 0.717) is 0 Å². The Balaban J connectivity index is 2.62. The molecule has 1 heterocycles. The zero-order chi connectivity index (χ0) is 9.26. The van der Waals surface area contributed by atoms with Gasteiger partial charge in [0.05, 0.1) is 5.52 Å². The van der Waals surface area contributed by atoms with Crippen LogP contribution in [0.4, 0.5) is 0 Å². The van der Waals surface area contributed by atoms with Crippen LogP contribution in [0.15, 0.2) is 36.5 Å². The molecule has 1 atom stereocenters. The van der Waals surface area contributed by atoms with Crippen molar-refractivity contribution in [2.75, 3.05) is 0 Å². The Morgan fingerprint density at radius 2 is 2.15 bits per heavy atom. The lowest BCUT2D eigenvalue weighted by atomic mass is 10.1. The van der Waals surface area contributed by atoms with E-state index < -0.39 is 6.10 Å². The molecule has 0 saturated heterocycles. The van der Waals surface area contributed by atoms with Crippen molar-refractivity contribution in [3.8, 4) is 0 Å². The molecule has 0 aliphatic rings. The number of pyridine rings is 1. The maximum absolute atomic E-state index is 11.2.